The van der Waals surface area contributed by atoms with Crippen LogP contribution in [0.25, 0.3) is 0 Å². The molecular formula is C29H26ClFN4O3S. The van der Waals surface area contributed by atoms with Crippen molar-refractivity contribution in [2.24, 2.45) is 5.73 Å². The van der Waals surface area contributed by atoms with Crippen molar-refractivity contribution in [1.29, 1.82) is 0 Å². The highest BCUT2D eigenvalue weighted by Crippen LogP contribution is 2.38. The first-order valence-corrected chi connectivity index (χ1v) is 13.6. The number of anilines is 3. The number of benzene rings is 3. The summed E-state index contributed by atoms with van der Waals surface area (Å²) in [6, 6.07) is 20.8. The van der Waals surface area contributed by atoms with E-state index in [-0.39, 0.29) is 17.1 Å². The highest BCUT2D eigenvalue weighted by Gasteiger charge is 2.28. The number of nitrogens with two attached hydrogens (primary N) is 1. The van der Waals surface area contributed by atoms with Gasteiger partial charge in [0, 0.05) is 16.7 Å². The molecule has 0 aliphatic carbocycles. The summed E-state index contributed by atoms with van der Waals surface area (Å²) in [5.74, 6) is -1.10. The summed E-state index contributed by atoms with van der Waals surface area (Å²) in [6.45, 7) is 0.768. The molecule has 0 aliphatic heterocycles. The number of ether oxygens (including phenoxy) is 1. The second-order valence-corrected chi connectivity index (χ2v) is 9.62. The van der Waals surface area contributed by atoms with Crippen molar-refractivity contribution >= 4 is 52.4 Å². The zero-order valence-corrected chi connectivity index (χ0v) is 22.6. The van der Waals surface area contributed by atoms with Crippen molar-refractivity contribution in [2.75, 3.05) is 29.6 Å². The average Bonchev–Trinajstić information content (AvgIpc) is 2.96. The van der Waals surface area contributed by atoms with Crippen LogP contribution in [0.4, 0.5) is 21.6 Å². The topological polar surface area (TPSA) is 97.5 Å². The first-order chi connectivity index (χ1) is 18.9. The summed E-state index contributed by atoms with van der Waals surface area (Å²) in [4.78, 5) is 33.9. The Morgan fingerprint density at radius 3 is 2.51 bits per heavy atom. The number of para-hydroxylation sites is 2. The van der Waals surface area contributed by atoms with Gasteiger partial charge in [-0.2, -0.15) is 0 Å². The first-order valence-electron chi connectivity index (χ1n) is 12.0. The fourth-order valence-corrected chi connectivity index (χ4v) is 4.28. The van der Waals surface area contributed by atoms with Crippen LogP contribution in [-0.2, 0) is 0 Å². The average molecular weight is 565 g/mol. The van der Waals surface area contributed by atoms with Crippen LogP contribution in [0.3, 0.4) is 0 Å². The quantitative estimate of drug-likeness (QED) is 0.167. The van der Waals surface area contributed by atoms with Gasteiger partial charge in [0.2, 0.25) is 0 Å². The standard InChI is InChI=1S/C29H26ClFN4O3S/c1-39-22-11-7-19(8-12-22)29(37)35(25-5-2-3-6-26(25)38-16-4-15-32)24-13-10-21(31)17-23(24)28(36)34-27-14-9-20(30)18-33-27/h2-3,5-14,17-18H,4,15-16,32H2,1H3,(H,33,34,36). The summed E-state index contributed by atoms with van der Waals surface area (Å²) < 4.78 is 20.5. The van der Waals surface area contributed by atoms with Crippen LogP contribution in [0.2, 0.25) is 5.02 Å². The van der Waals surface area contributed by atoms with E-state index in [9.17, 15) is 14.0 Å². The van der Waals surface area contributed by atoms with Crippen LogP contribution in [0, 0.1) is 5.82 Å². The van der Waals surface area contributed by atoms with Gasteiger partial charge in [0.05, 0.1) is 28.6 Å². The molecule has 0 aliphatic rings. The Hall–Kier alpha value is -3.92. The molecule has 4 rings (SSSR count). The maximum absolute atomic E-state index is 14.5. The van der Waals surface area contributed by atoms with Gasteiger partial charge in [0.25, 0.3) is 11.8 Å². The van der Waals surface area contributed by atoms with Crippen LogP contribution in [0.1, 0.15) is 27.1 Å². The molecule has 0 bridgehead atoms. The van der Waals surface area contributed by atoms with Crippen molar-refractivity contribution in [3.05, 3.63) is 107 Å². The Bertz CT molecular complexity index is 1450. The Morgan fingerprint density at radius 1 is 1.05 bits per heavy atom. The van der Waals surface area contributed by atoms with E-state index in [4.69, 9.17) is 22.1 Å². The van der Waals surface area contributed by atoms with Gasteiger partial charge in [0.1, 0.15) is 17.4 Å². The number of halogens is 2. The fraction of sp³-hybridized carbons (Fsp3) is 0.138. The number of hydrogen-bond acceptors (Lipinski definition) is 6. The zero-order chi connectivity index (χ0) is 27.8. The Morgan fingerprint density at radius 2 is 1.82 bits per heavy atom. The van der Waals surface area contributed by atoms with Crippen LogP contribution in [0.5, 0.6) is 5.75 Å². The SMILES string of the molecule is CSc1ccc(C(=O)N(c2ccccc2OCCCN)c2ccc(F)cc2C(=O)Nc2ccc(Cl)cn2)cc1. The Kier molecular flexibility index (Phi) is 9.54. The van der Waals surface area contributed by atoms with E-state index in [0.29, 0.717) is 41.6 Å². The van der Waals surface area contributed by atoms with Gasteiger partial charge in [-0.1, -0.05) is 23.7 Å². The van der Waals surface area contributed by atoms with Crippen LogP contribution in [-0.4, -0.2) is 36.2 Å². The van der Waals surface area contributed by atoms with E-state index in [1.165, 1.54) is 29.3 Å². The second kappa shape index (κ2) is 13.2. The molecule has 0 saturated heterocycles. The van der Waals surface area contributed by atoms with Gasteiger partial charge in [-0.05, 0) is 86.0 Å². The molecule has 39 heavy (non-hydrogen) atoms. The van der Waals surface area contributed by atoms with Gasteiger partial charge in [-0.25, -0.2) is 9.37 Å². The number of hydrogen-bond donors (Lipinski definition) is 2. The first kappa shape index (κ1) is 28.1. The molecule has 10 heteroatoms. The third-order valence-corrected chi connectivity index (χ3v) is 6.63. The predicted octanol–water partition coefficient (Wildman–Crippen LogP) is 6.55. The van der Waals surface area contributed by atoms with E-state index in [1.54, 1.807) is 54.2 Å². The zero-order valence-electron chi connectivity index (χ0n) is 21.1. The van der Waals surface area contributed by atoms with Gasteiger partial charge in [-0.3, -0.25) is 14.5 Å². The molecule has 2 amide bonds. The molecule has 0 radical (unpaired) electrons. The van der Waals surface area contributed by atoms with Crippen molar-refractivity contribution in [1.82, 2.24) is 4.98 Å². The van der Waals surface area contributed by atoms with Crippen molar-refractivity contribution in [2.45, 2.75) is 11.3 Å². The highest BCUT2D eigenvalue weighted by atomic mass is 35.5. The number of carbonyl (C=O) groups excluding carboxylic acids is 2. The minimum absolute atomic E-state index is 0.0717. The Balaban J connectivity index is 1.83. The molecule has 0 atom stereocenters. The summed E-state index contributed by atoms with van der Waals surface area (Å²) >= 11 is 7.45. The lowest BCUT2D eigenvalue weighted by molar-refractivity contribution is 0.0998. The molecule has 1 aromatic heterocycles. The number of nitrogens with zero attached hydrogens (tertiary/aromatic N) is 2. The second-order valence-electron chi connectivity index (χ2n) is 8.30. The minimum Gasteiger partial charge on any atom is -0.491 e. The molecule has 7 nitrogen and oxygen atoms in total. The number of carbonyl (C=O) groups is 2. The molecular weight excluding hydrogens is 539 g/mol. The largest absolute Gasteiger partial charge is 0.491 e. The molecule has 0 fully saturated rings. The van der Waals surface area contributed by atoms with Crippen LogP contribution < -0.4 is 20.7 Å². The third-order valence-electron chi connectivity index (χ3n) is 5.67. The maximum Gasteiger partial charge on any atom is 0.262 e. The molecule has 3 aromatic carbocycles. The number of amides is 2. The van der Waals surface area contributed by atoms with Crippen LogP contribution >= 0.6 is 23.4 Å². The van der Waals surface area contributed by atoms with Gasteiger partial charge in [-0.15, -0.1) is 11.8 Å². The molecule has 1 heterocycles. The van der Waals surface area contributed by atoms with E-state index in [0.717, 1.165) is 11.0 Å². The maximum atomic E-state index is 14.5. The van der Waals surface area contributed by atoms with E-state index < -0.39 is 17.6 Å². The number of nitrogens with one attached hydrogen (secondary N) is 1. The molecule has 4 aromatic rings. The molecule has 0 saturated carbocycles. The van der Waals surface area contributed by atoms with Crippen LogP contribution in [0.15, 0.2) is 90.0 Å². The summed E-state index contributed by atoms with van der Waals surface area (Å²) in [6.07, 6.45) is 3.93. The number of pyridine rings is 1. The fourth-order valence-electron chi connectivity index (χ4n) is 3.76. The van der Waals surface area contributed by atoms with E-state index >= 15 is 0 Å². The number of aromatic nitrogens is 1. The molecule has 0 unspecified atom stereocenters. The monoisotopic (exact) mass is 564 g/mol. The lowest BCUT2D eigenvalue weighted by Gasteiger charge is -2.27. The summed E-state index contributed by atoms with van der Waals surface area (Å²) in [5, 5.41) is 3.05. The number of rotatable bonds is 10. The normalized spacial score (nSPS) is 10.7. The Labute approximate surface area is 235 Å². The van der Waals surface area contributed by atoms with Crippen molar-refractivity contribution in [3.8, 4) is 5.75 Å². The van der Waals surface area contributed by atoms with E-state index in [2.05, 4.69) is 10.3 Å². The van der Waals surface area contributed by atoms with E-state index in [1.807, 2.05) is 18.4 Å². The summed E-state index contributed by atoms with van der Waals surface area (Å²) in [7, 11) is 0. The third kappa shape index (κ3) is 6.94. The molecule has 0 spiro atoms. The number of thioether (sulfide) groups is 1. The minimum atomic E-state index is -0.656. The van der Waals surface area contributed by atoms with Gasteiger partial charge < -0.3 is 15.8 Å². The highest BCUT2D eigenvalue weighted by molar-refractivity contribution is 7.98. The van der Waals surface area contributed by atoms with Crippen molar-refractivity contribution in [3.63, 3.8) is 0 Å². The lowest BCUT2D eigenvalue weighted by atomic mass is 10.1. The lowest BCUT2D eigenvalue weighted by Crippen LogP contribution is -2.29. The summed E-state index contributed by atoms with van der Waals surface area (Å²) in [5.41, 5.74) is 6.48. The van der Waals surface area contributed by atoms with Gasteiger partial charge >= 0.3 is 0 Å². The molecule has 3 N–H and O–H groups in total. The predicted molar refractivity (Wildman–Crippen MR) is 154 cm³/mol. The van der Waals surface area contributed by atoms with Crippen molar-refractivity contribution < 1.29 is 18.7 Å². The van der Waals surface area contributed by atoms with Gasteiger partial charge in [0.15, 0.2) is 0 Å². The molecule has 200 valence electrons. The smallest absolute Gasteiger partial charge is 0.262 e.